The van der Waals surface area contributed by atoms with E-state index < -0.39 is 6.36 Å². The first-order chi connectivity index (χ1) is 9.83. The van der Waals surface area contributed by atoms with E-state index in [0.717, 1.165) is 12.8 Å². The van der Waals surface area contributed by atoms with Gasteiger partial charge in [-0.2, -0.15) is 0 Å². The van der Waals surface area contributed by atoms with Crippen LogP contribution in [0.5, 0.6) is 5.75 Å². The summed E-state index contributed by atoms with van der Waals surface area (Å²) in [5.41, 5.74) is 6.54. The number of amides is 1. The molecule has 2 rings (SSSR count). The number of hydrogen-bond acceptors (Lipinski definition) is 3. The lowest BCUT2D eigenvalue weighted by atomic mass is 10.1. The Kier molecular flexibility index (Phi) is 4.72. The van der Waals surface area contributed by atoms with Gasteiger partial charge in [-0.15, -0.1) is 13.2 Å². The van der Waals surface area contributed by atoms with Crippen LogP contribution in [-0.2, 0) is 11.3 Å². The minimum atomic E-state index is -4.70. The second-order valence-corrected chi connectivity index (χ2v) is 5.17. The molecular weight excluding hydrogens is 285 g/mol. The lowest BCUT2D eigenvalue weighted by molar-refractivity contribution is -0.274. The van der Waals surface area contributed by atoms with Crippen molar-refractivity contribution in [2.75, 3.05) is 0 Å². The van der Waals surface area contributed by atoms with Crippen LogP contribution in [0, 0.1) is 5.92 Å². The van der Waals surface area contributed by atoms with Gasteiger partial charge in [0, 0.05) is 19.0 Å². The highest BCUT2D eigenvalue weighted by molar-refractivity contribution is 5.76. The van der Waals surface area contributed by atoms with Crippen molar-refractivity contribution in [3.8, 4) is 5.75 Å². The average Bonchev–Trinajstić information content (AvgIpc) is 3.20. The minimum Gasteiger partial charge on any atom is -0.406 e. The van der Waals surface area contributed by atoms with E-state index in [0.29, 0.717) is 11.5 Å². The maximum atomic E-state index is 12.0. The first-order valence-corrected chi connectivity index (χ1v) is 6.70. The third-order valence-electron chi connectivity index (χ3n) is 3.30. The molecular formula is C14H17F3N2O2. The lowest BCUT2D eigenvalue weighted by Gasteiger charge is -2.11. The van der Waals surface area contributed by atoms with E-state index in [1.54, 1.807) is 0 Å². The van der Waals surface area contributed by atoms with Gasteiger partial charge in [0.1, 0.15) is 5.75 Å². The summed E-state index contributed by atoms with van der Waals surface area (Å²) in [6.45, 7) is 0.252. The van der Waals surface area contributed by atoms with Gasteiger partial charge in [-0.05, 0) is 36.5 Å². The number of halogens is 3. The molecule has 21 heavy (non-hydrogen) atoms. The number of carbonyl (C=O) groups excluding carboxylic acids is 1. The Morgan fingerprint density at radius 3 is 2.48 bits per heavy atom. The van der Waals surface area contributed by atoms with Crippen LogP contribution in [0.1, 0.15) is 24.8 Å². The molecule has 1 aromatic carbocycles. The predicted octanol–water partition coefficient (Wildman–Crippen LogP) is 2.33. The molecule has 0 radical (unpaired) electrons. The molecule has 116 valence electrons. The summed E-state index contributed by atoms with van der Waals surface area (Å²) < 4.78 is 39.8. The Labute approximate surface area is 120 Å². The van der Waals surface area contributed by atoms with Gasteiger partial charge in [0.15, 0.2) is 0 Å². The molecule has 3 N–H and O–H groups in total. The Morgan fingerprint density at radius 1 is 1.33 bits per heavy atom. The van der Waals surface area contributed by atoms with Crippen molar-refractivity contribution in [2.24, 2.45) is 11.7 Å². The molecule has 4 nitrogen and oxygen atoms in total. The van der Waals surface area contributed by atoms with E-state index in [9.17, 15) is 18.0 Å². The summed E-state index contributed by atoms with van der Waals surface area (Å²) in [6.07, 6.45) is -2.27. The molecule has 1 aromatic rings. The number of rotatable bonds is 6. The number of nitrogens with one attached hydrogen (secondary N) is 1. The topological polar surface area (TPSA) is 64.4 Å². The number of nitrogens with two attached hydrogens (primary N) is 1. The van der Waals surface area contributed by atoms with E-state index in [1.165, 1.54) is 24.3 Å². The van der Waals surface area contributed by atoms with E-state index in [1.807, 2.05) is 0 Å². The largest absolute Gasteiger partial charge is 0.573 e. The van der Waals surface area contributed by atoms with Crippen molar-refractivity contribution in [3.63, 3.8) is 0 Å². The first-order valence-electron chi connectivity index (χ1n) is 6.70. The highest BCUT2D eigenvalue weighted by Gasteiger charge is 2.31. The van der Waals surface area contributed by atoms with Crippen molar-refractivity contribution in [3.05, 3.63) is 29.8 Å². The number of ether oxygens (including phenoxy) is 1. The molecule has 7 heteroatoms. The molecule has 0 heterocycles. The van der Waals surface area contributed by atoms with E-state index >= 15 is 0 Å². The summed E-state index contributed by atoms with van der Waals surface area (Å²) in [7, 11) is 0. The number of carbonyl (C=O) groups is 1. The standard InChI is InChI=1S/C14H17F3N2O2/c15-14(16,17)21-11-5-1-9(2-6-11)8-19-13(20)7-12(18)10-3-4-10/h1-2,5-6,10,12H,3-4,7-8,18H2,(H,19,20). The monoisotopic (exact) mass is 302 g/mol. The zero-order valence-electron chi connectivity index (χ0n) is 11.3. The van der Waals surface area contributed by atoms with Crippen molar-refractivity contribution in [1.29, 1.82) is 0 Å². The normalized spacial score (nSPS) is 16.4. The maximum Gasteiger partial charge on any atom is 0.573 e. The van der Waals surface area contributed by atoms with Crippen LogP contribution < -0.4 is 15.8 Å². The van der Waals surface area contributed by atoms with Gasteiger partial charge in [-0.3, -0.25) is 4.79 Å². The zero-order valence-corrected chi connectivity index (χ0v) is 11.3. The van der Waals surface area contributed by atoms with Crippen molar-refractivity contribution in [1.82, 2.24) is 5.32 Å². The number of alkyl halides is 3. The zero-order chi connectivity index (χ0) is 15.5. The minimum absolute atomic E-state index is 0.104. The molecule has 0 bridgehead atoms. The quantitative estimate of drug-likeness (QED) is 0.847. The Bertz CT molecular complexity index is 484. The highest BCUT2D eigenvalue weighted by atomic mass is 19.4. The molecule has 0 aromatic heterocycles. The highest BCUT2D eigenvalue weighted by Crippen LogP contribution is 2.32. The van der Waals surface area contributed by atoms with Gasteiger partial charge >= 0.3 is 6.36 Å². The fourth-order valence-corrected chi connectivity index (χ4v) is 1.99. The van der Waals surface area contributed by atoms with Gasteiger partial charge in [-0.1, -0.05) is 12.1 Å². The third kappa shape index (κ3) is 5.63. The van der Waals surface area contributed by atoms with Crippen molar-refractivity contribution < 1.29 is 22.7 Å². The second-order valence-electron chi connectivity index (χ2n) is 5.17. The molecule has 1 aliphatic carbocycles. The van der Waals surface area contributed by atoms with Crippen LogP contribution in [0.4, 0.5) is 13.2 Å². The fraction of sp³-hybridized carbons (Fsp3) is 0.500. The summed E-state index contributed by atoms with van der Waals surface area (Å²) in [5, 5.41) is 2.70. The number of benzene rings is 1. The molecule has 1 fully saturated rings. The molecule has 1 atom stereocenters. The third-order valence-corrected chi connectivity index (χ3v) is 3.30. The summed E-state index contributed by atoms with van der Waals surface area (Å²) in [4.78, 5) is 11.6. The molecule has 1 saturated carbocycles. The Hall–Kier alpha value is -1.76. The van der Waals surface area contributed by atoms with Crippen LogP contribution >= 0.6 is 0 Å². The van der Waals surface area contributed by atoms with Crippen molar-refractivity contribution in [2.45, 2.75) is 38.2 Å². The molecule has 1 amide bonds. The van der Waals surface area contributed by atoms with Crippen LogP contribution in [0.25, 0.3) is 0 Å². The van der Waals surface area contributed by atoms with Crippen LogP contribution in [0.2, 0.25) is 0 Å². The van der Waals surface area contributed by atoms with Gasteiger partial charge < -0.3 is 15.8 Å². The Balaban J connectivity index is 1.76. The average molecular weight is 302 g/mol. The molecule has 1 aliphatic rings. The van der Waals surface area contributed by atoms with Crippen LogP contribution in [0.15, 0.2) is 24.3 Å². The fourth-order valence-electron chi connectivity index (χ4n) is 1.99. The Morgan fingerprint density at radius 2 is 1.95 bits per heavy atom. The van der Waals surface area contributed by atoms with Gasteiger partial charge in [0.25, 0.3) is 0 Å². The maximum absolute atomic E-state index is 12.0. The summed E-state index contributed by atoms with van der Waals surface area (Å²) in [6, 6.07) is 5.27. The lowest BCUT2D eigenvalue weighted by Crippen LogP contribution is -2.32. The number of hydrogen-bond donors (Lipinski definition) is 2. The van der Waals surface area contributed by atoms with Crippen LogP contribution in [-0.4, -0.2) is 18.3 Å². The SMILES string of the molecule is NC(CC(=O)NCc1ccc(OC(F)(F)F)cc1)C1CC1. The summed E-state index contributed by atoms with van der Waals surface area (Å²) in [5.74, 6) is 0.0212. The molecule has 0 spiro atoms. The van der Waals surface area contributed by atoms with Gasteiger partial charge in [0.2, 0.25) is 5.91 Å². The van der Waals surface area contributed by atoms with Crippen molar-refractivity contribution >= 4 is 5.91 Å². The van der Waals surface area contributed by atoms with Gasteiger partial charge in [-0.25, -0.2) is 0 Å². The van der Waals surface area contributed by atoms with E-state index in [2.05, 4.69) is 10.1 Å². The predicted molar refractivity (Wildman–Crippen MR) is 70.3 cm³/mol. The smallest absolute Gasteiger partial charge is 0.406 e. The summed E-state index contributed by atoms with van der Waals surface area (Å²) >= 11 is 0. The molecule has 0 saturated heterocycles. The van der Waals surface area contributed by atoms with Gasteiger partial charge in [0.05, 0.1) is 0 Å². The van der Waals surface area contributed by atoms with E-state index in [-0.39, 0.29) is 30.7 Å². The molecule has 1 unspecified atom stereocenters. The first kappa shape index (κ1) is 15.6. The molecule has 0 aliphatic heterocycles. The van der Waals surface area contributed by atoms with Crippen LogP contribution in [0.3, 0.4) is 0 Å². The van der Waals surface area contributed by atoms with E-state index in [4.69, 9.17) is 5.73 Å². The second kappa shape index (κ2) is 6.34.